The fourth-order valence-electron chi connectivity index (χ4n) is 3.13. The molecule has 25 heavy (non-hydrogen) atoms. The Kier molecular flexibility index (Phi) is 4.59. The molecule has 2 heterocycles. The van der Waals surface area contributed by atoms with E-state index in [1.165, 1.54) is 0 Å². The molecule has 5 nitrogen and oxygen atoms in total. The number of nitrogens with zero attached hydrogens (tertiary/aromatic N) is 2. The van der Waals surface area contributed by atoms with Crippen molar-refractivity contribution < 1.29 is 14.3 Å². The van der Waals surface area contributed by atoms with Crippen molar-refractivity contribution in [3.8, 4) is 5.69 Å². The largest absolute Gasteiger partial charge is 0.353 e. The molecule has 0 radical (unpaired) electrons. The predicted molar refractivity (Wildman–Crippen MR) is 94.8 cm³/mol. The number of fused-ring (bicyclic) bond motifs is 1. The first-order chi connectivity index (χ1) is 12.3. The van der Waals surface area contributed by atoms with Gasteiger partial charge in [0, 0.05) is 17.9 Å². The summed E-state index contributed by atoms with van der Waals surface area (Å²) in [5.74, 6) is 0. The maximum atomic E-state index is 11.1. The highest BCUT2D eigenvalue weighted by Gasteiger charge is 2.14. The van der Waals surface area contributed by atoms with Gasteiger partial charge in [-0.05, 0) is 55.2 Å². The predicted octanol–water partition coefficient (Wildman–Crippen LogP) is 3.88. The van der Waals surface area contributed by atoms with Crippen LogP contribution in [0.25, 0.3) is 16.7 Å². The smallest absolute Gasteiger partial charge is 0.158 e. The highest BCUT2D eigenvalue weighted by atomic mass is 16.7. The average molecular weight is 336 g/mol. The van der Waals surface area contributed by atoms with Crippen LogP contribution < -0.4 is 0 Å². The molecule has 4 rings (SSSR count). The van der Waals surface area contributed by atoms with E-state index in [0.29, 0.717) is 12.2 Å². The van der Waals surface area contributed by atoms with Crippen LogP contribution in [-0.4, -0.2) is 28.7 Å². The van der Waals surface area contributed by atoms with Gasteiger partial charge in [-0.1, -0.05) is 12.1 Å². The van der Waals surface area contributed by atoms with Crippen LogP contribution in [0.15, 0.2) is 48.8 Å². The van der Waals surface area contributed by atoms with Gasteiger partial charge in [0.2, 0.25) is 0 Å². The molecule has 0 amide bonds. The fourth-order valence-corrected chi connectivity index (χ4v) is 3.13. The van der Waals surface area contributed by atoms with E-state index in [0.717, 1.165) is 54.4 Å². The van der Waals surface area contributed by atoms with Gasteiger partial charge in [-0.25, -0.2) is 4.98 Å². The highest BCUT2D eigenvalue weighted by molar-refractivity contribution is 5.85. The lowest BCUT2D eigenvalue weighted by Gasteiger charge is -2.22. The molecule has 1 aliphatic rings. The summed E-state index contributed by atoms with van der Waals surface area (Å²) in [5, 5.41) is 0. The van der Waals surface area contributed by atoms with Gasteiger partial charge in [0.1, 0.15) is 12.6 Å². The summed E-state index contributed by atoms with van der Waals surface area (Å²) in [7, 11) is 0. The van der Waals surface area contributed by atoms with Crippen LogP contribution in [0.4, 0.5) is 0 Å². The van der Waals surface area contributed by atoms with Crippen molar-refractivity contribution >= 4 is 17.3 Å². The summed E-state index contributed by atoms with van der Waals surface area (Å²) in [6.45, 7) is 1.30. The first kappa shape index (κ1) is 16.0. The van der Waals surface area contributed by atoms with Crippen LogP contribution in [0, 0.1) is 0 Å². The Morgan fingerprint density at radius 3 is 3.04 bits per heavy atom. The van der Waals surface area contributed by atoms with Gasteiger partial charge >= 0.3 is 0 Å². The summed E-state index contributed by atoms with van der Waals surface area (Å²) in [5.41, 5.74) is 4.50. The third-order valence-electron chi connectivity index (χ3n) is 4.47. The fraction of sp³-hybridized carbons (Fsp3) is 0.300. The number of carbonyl (C=O) groups is 1. The van der Waals surface area contributed by atoms with Crippen molar-refractivity contribution in [3.05, 3.63) is 59.9 Å². The summed E-state index contributed by atoms with van der Waals surface area (Å²) in [6.07, 6.45) is 5.77. The van der Waals surface area contributed by atoms with Crippen LogP contribution in [0.1, 0.15) is 35.2 Å². The molecule has 0 bridgehead atoms. The molecule has 2 aromatic carbocycles. The minimum Gasteiger partial charge on any atom is -0.353 e. The van der Waals surface area contributed by atoms with Gasteiger partial charge in [-0.3, -0.25) is 9.36 Å². The normalized spacial score (nSPS) is 17.7. The van der Waals surface area contributed by atoms with E-state index in [1.54, 1.807) is 12.4 Å². The molecule has 0 saturated carbocycles. The number of imidazole rings is 1. The third kappa shape index (κ3) is 3.48. The van der Waals surface area contributed by atoms with E-state index in [2.05, 4.69) is 11.1 Å². The highest BCUT2D eigenvalue weighted by Crippen LogP contribution is 2.21. The van der Waals surface area contributed by atoms with Crippen LogP contribution in [0.2, 0.25) is 0 Å². The van der Waals surface area contributed by atoms with Crippen molar-refractivity contribution in [2.45, 2.75) is 32.2 Å². The number of aldehydes is 1. The molecule has 128 valence electrons. The quantitative estimate of drug-likeness (QED) is 0.664. The molecule has 0 aliphatic carbocycles. The summed E-state index contributed by atoms with van der Waals surface area (Å²) >= 11 is 0. The van der Waals surface area contributed by atoms with Crippen LogP contribution in [0.3, 0.4) is 0 Å². The maximum Gasteiger partial charge on any atom is 0.158 e. The van der Waals surface area contributed by atoms with E-state index in [-0.39, 0.29) is 6.29 Å². The minimum atomic E-state index is -0.0957. The summed E-state index contributed by atoms with van der Waals surface area (Å²) in [4.78, 5) is 15.5. The van der Waals surface area contributed by atoms with Crippen molar-refractivity contribution in [2.75, 3.05) is 6.61 Å². The van der Waals surface area contributed by atoms with Crippen LogP contribution >= 0.6 is 0 Å². The Bertz CT molecular complexity index is 882. The lowest BCUT2D eigenvalue weighted by Crippen LogP contribution is -2.22. The van der Waals surface area contributed by atoms with E-state index >= 15 is 0 Å². The van der Waals surface area contributed by atoms with Crippen molar-refractivity contribution in [2.24, 2.45) is 0 Å². The molecule has 1 aliphatic heterocycles. The molecule has 5 heteroatoms. The lowest BCUT2D eigenvalue weighted by atomic mass is 10.2. The zero-order valence-corrected chi connectivity index (χ0v) is 13.9. The second kappa shape index (κ2) is 7.17. The van der Waals surface area contributed by atoms with Crippen molar-refractivity contribution in [1.29, 1.82) is 0 Å². The molecular weight excluding hydrogens is 316 g/mol. The zero-order chi connectivity index (χ0) is 17.1. The van der Waals surface area contributed by atoms with Crippen LogP contribution in [-0.2, 0) is 16.1 Å². The van der Waals surface area contributed by atoms with Crippen molar-refractivity contribution in [1.82, 2.24) is 9.55 Å². The summed E-state index contributed by atoms with van der Waals surface area (Å²) in [6, 6.07) is 13.7. The van der Waals surface area contributed by atoms with Gasteiger partial charge in [-0.2, -0.15) is 0 Å². The second-order valence-electron chi connectivity index (χ2n) is 6.26. The van der Waals surface area contributed by atoms with Gasteiger partial charge in [-0.15, -0.1) is 0 Å². The molecule has 1 unspecified atom stereocenters. The Labute approximate surface area is 146 Å². The van der Waals surface area contributed by atoms with Crippen LogP contribution in [0.5, 0.6) is 0 Å². The molecule has 1 atom stereocenters. The second-order valence-corrected chi connectivity index (χ2v) is 6.26. The number of ether oxygens (including phenoxy) is 2. The van der Waals surface area contributed by atoms with Gasteiger partial charge in [0.25, 0.3) is 0 Å². The maximum absolute atomic E-state index is 11.1. The molecule has 0 spiro atoms. The number of carbonyl (C=O) groups excluding carboxylic acids is 1. The lowest BCUT2D eigenvalue weighted by molar-refractivity contribution is -0.168. The zero-order valence-electron chi connectivity index (χ0n) is 13.9. The van der Waals surface area contributed by atoms with Gasteiger partial charge < -0.3 is 9.47 Å². The topological polar surface area (TPSA) is 53.4 Å². The molecule has 3 aromatic rings. The first-order valence-corrected chi connectivity index (χ1v) is 8.58. The Balaban J connectivity index is 1.57. The number of benzene rings is 2. The Hall–Kier alpha value is -2.50. The molecular formula is C20H20N2O3. The van der Waals surface area contributed by atoms with Crippen molar-refractivity contribution in [3.63, 3.8) is 0 Å². The Morgan fingerprint density at radius 1 is 1.24 bits per heavy atom. The van der Waals surface area contributed by atoms with E-state index in [4.69, 9.17) is 9.47 Å². The van der Waals surface area contributed by atoms with Gasteiger partial charge in [0.05, 0.1) is 17.6 Å². The monoisotopic (exact) mass is 336 g/mol. The Morgan fingerprint density at radius 2 is 2.20 bits per heavy atom. The average Bonchev–Trinajstić information content (AvgIpc) is 3.10. The first-order valence-electron chi connectivity index (χ1n) is 8.58. The minimum absolute atomic E-state index is 0.0957. The summed E-state index contributed by atoms with van der Waals surface area (Å²) < 4.78 is 13.5. The van der Waals surface area contributed by atoms with Gasteiger partial charge in [0.15, 0.2) is 6.29 Å². The molecule has 0 N–H and O–H groups in total. The number of rotatable bonds is 5. The number of aromatic nitrogens is 2. The van der Waals surface area contributed by atoms with E-state index in [9.17, 15) is 4.79 Å². The van der Waals surface area contributed by atoms with E-state index < -0.39 is 0 Å². The standard InChI is InChI=1S/C20H20N2O3/c23-12-15-7-8-18-19(11-15)22(14-21-18)17-5-3-4-16(10-17)13-25-20-6-1-2-9-24-20/h3-5,7-8,10-12,14,20H,1-2,6,9,13H2. The number of hydrogen-bond donors (Lipinski definition) is 0. The SMILES string of the molecule is O=Cc1ccc2ncn(-c3cccc(COC4CCCCO4)c3)c2c1. The third-order valence-corrected chi connectivity index (χ3v) is 4.47. The molecule has 1 saturated heterocycles. The number of hydrogen-bond acceptors (Lipinski definition) is 4. The van der Waals surface area contributed by atoms with E-state index in [1.807, 2.05) is 34.9 Å². The molecule has 1 fully saturated rings. The molecule has 1 aromatic heterocycles.